The molecule has 1 aliphatic carbocycles. The minimum atomic E-state index is -0.192. The second kappa shape index (κ2) is 5.65. The first-order valence-corrected chi connectivity index (χ1v) is 7.73. The molecule has 3 nitrogen and oxygen atoms in total. The van der Waals surface area contributed by atoms with Gasteiger partial charge in [0.05, 0.1) is 24.3 Å². The van der Waals surface area contributed by atoms with Gasteiger partial charge in [-0.2, -0.15) is 5.26 Å². The zero-order valence-corrected chi connectivity index (χ0v) is 14.1. The van der Waals surface area contributed by atoms with Gasteiger partial charge in [0, 0.05) is 11.0 Å². The molecule has 0 saturated heterocycles. The summed E-state index contributed by atoms with van der Waals surface area (Å²) in [4.78, 5) is 0. The molecule has 108 valence electrons. The Labute approximate surface area is 129 Å². The quantitative estimate of drug-likeness (QED) is 0.880. The van der Waals surface area contributed by atoms with E-state index in [0.717, 1.165) is 46.3 Å². The van der Waals surface area contributed by atoms with Crippen molar-refractivity contribution in [1.29, 1.82) is 5.26 Å². The van der Waals surface area contributed by atoms with Crippen molar-refractivity contribution >= 4 is 21.6 Å². The lowest BCUT2D eigenvalue weighted by Crippen LogP contribution is -2.35. The number of ether oxygens (including phenoxy) is 1. The van der Waals surface area contributed by atoms with E-state index in [9.17, 15) is 5.26 Å². The second-order valence-electron chi connectivity index (χ2n) is 5.70. The van der Waals surface area contributed by atoms with Gasteiger partial charge in [-0.15, -0.1) is 0 Å². The molecule has 1 aliphatic rings. The molecule has 0 atom stereocenters. The van der Waals surface area contributed by atoms with Crippen molar-refractivity contribution < 1.29 is 4.74 Å². The van der Waals surface area contributed by atoms with Crippen LogP contribution in [0.15, 0.2) is 4.47 Å². The van der Waals surface area contributed by atoms with Crippen LogP contribution in [0.4, 0.5) is 5.69 Å². The van der Waals surface area contributed by atoms with Gasteiger partial charge in [-0.25, -0.2) is 0 Å². The molecule has 0 aliphatic heterocycles. The van der Waals surface area contributed by atoms with Crippen molar-refractivity contribution in [2.45, 2.75) is 40.0 Å². The fourth-order valence-corrected chi connectivity index (χ4v) is 3.24. The molecule has 1 fully saturated rings. The van der Waals surface area contributed by atoms with Gasteiger partial charge in [-0.3, -0.25) is 0 Å². The van der Waals surface area contributed by atoms with Crippen molar-refractivity contribution in [2.75, 3.05) is 19.0 Å². The van der Waals surface area contributed by atoms with Crippen molar-refractivity contribution in [2.24, 2.45) is 5.41 Å². The number of anilines is 1. The van der Waals surface area contributed by atoms with E-state index in [4.69, 9.17) is 4.74 Å². The highest BCUT2D eigenvalue weighted by Gasteiger charge is 2.37. The van der Waals surface area contributed by atoms with Crippen LogP contribution in [0.25, 0.3) is 0 Å². The van der Waals surface area contributed by atoms with Crippen LogP contribution < -0.4 is 10.1 Å². The maximum absolute atomic E-state index is 9.33. The summed E-state index contributed by atoms with van der Waals surface area (Å²) in [5.74, 6) is 0.885. The molecule has 0 radical (unpaired) electrons. The molecule has 1 aromatic carbocycles. The summed E-state index contributed by atoms with van der Waals surface area (Å²) < 4.78 is 6.69. The smallest absolute Gasteiger partial charge is 0.145 e. The van der Waals surface area contributed by atoms with Crippen LogP contribution in [-0.2, 0) is 0 Å². The SMILES string of the molecule is COc1c(C)c(C)c(Br)c(C)c1NCC1(C#N)CCC1. The molecular weight excluding hydrogens is 316 g/mol. The molecule has 2 rings (SSSR count). The van der Waals surface area contributed by atoms with E-state index in [-0.39, 0.29) is 5.41 Å². The van der Waals surface area contributed by atoms with E-state index >= 15 is 0 Å². The molecule has 0 unspecified atom stereocenters. The van der Waals surface area contributed by atoms with E-state index in [1.807, 2.05) is 0 Å². The lowest BCUT2D eigenvalue weighted by atomic mass is 9.70. The Balaban J connectivity index is 2.34. The Kier molecular flexibility index (Phi) is 4.29. The molecule has 0 heterocycles. The Hall–Kier alpha value is -1.21. The average molecular weight is 337 g/mol. The molecule has 20 heavy (non-hydrogen) atoms. The van der Waals surface area contributed by atoms with Crippen molar-refractivity contribution in [3.63, 3.8) is 0 Å². The molecule has 1 aromatic rings. The summed E-state index contributed by atoms with van der Waals surface area (Å²) in [5, 5.41) is 12.8. The Morgan fingerprint density at radius 2 is 1.90 bits per heavy atom. The number of nitrogens with one attached hydrogen (secondary N) is 1. The second-order valence-corrected chi connectivity index (χ2v) is 6.49. The van der Waals surface area contributed by atoms with Gasteiger partial charge in [0.25, 0.3) is 0 Å². The summed E-state index contributed by atoms with van der Waals surface area (Å²) in [7, 11) is 1.70. The van der Waals surface area contributed by atoms with Crippen LogP contribution >= 0.6 is 15.9 Å². The number of nitriles is 1. The molecular formula is C16H21BrN2O. The topological polar surface area (TPSA) is 45.0 Å². The standard InChI is InChI=1S/C16H21BrN2O/c1-10-11(2)15(20-4)14(12(3)13(10)17)19-9-16(8-18)6-5-7-16/h19H,5-7,9H2,1-4H3. The van der Waals surface area contributed by atoms with E-state index in [1.165, 1.54) is 5.56 Å². The third kappa shape index (κ3) is 2.40. The first kappa shape index (κ1) is 15.2. The first-order chi connectivity index (χ1) is 9.45. The molecule has 0 spiro atoms. The zero-order chi connectivity index (χ0) is 14.9. The lowest BCUT2D eigenvalue weighted by molar-refractivity contribution is 0.233. The van der Waals surface area contributed by atoms with Gasteiger partial charge >= 0.3 is 0 Å². The Bertz CT molecular complexity index is 571. The largest absolute Gasteiger partial charge is 0.494 e. The number of methoxy groups -OCH3 is 1. The van der Waals surface area contributed by atoms with E-state index in [0.29, 0.717) is 6.54 Å². The predicted octanol–water partition coefficient (Wildman–Crippen LogP) is 4.49. The molecule has 0 bridgehead atoms. The van der Waals surface area contributed by atoms with E-state index in [2.05, 4.69) is 48.1 Å². The van der Waals surface area contributed by atoms with E-state index < -0.39 is 0 Å². The van der Waals surface area contributed by atoms with Crippen LogP contribution in [0.1, 0.15) is 36.0 Å². The number of hydrogen-bond acceptors (Lipinski definition) is 3. The highest BCUT2D eigenvalue weighted by molar-refractivity contribution is 9.10. The molecule has 1 saturated carbocycles. The van der Waals surface area contributed by atoms with Crippen molar-refractivity contribution in [3.05, 3.63) is 21.2 Å². The summed E-state index contributed by atoms with van der Waals surface area (Å²) >= 11 is 3.65. The van der Waals surface area contributed by atoms with Crippen molar-refractivity contribution in [3.8, 4) is 11.8 Å². The van der Waals surface area contributed by atoms with Gasteiger partial charge in [0.1, 0.15) is 5.75 Å². The van der Waals surface area contributed by atoms with Crippen LogP contribution in [0.2, 0.25) is 0 Å². The summed E-state index contributed by atoms with van der Waals surface area (Å²) in [5.41, 5.74) is 4.28. The van der Waals surface area contributed by atoms with Gasteiger partial charge in [-0.05, 0) is 50.3 Å². The third-order valence-electron chi connectivity index (χ3n) is 4.52. The van der Waals surface area contributed by atoms with Gasteiger partial charge in [0.15, 0.2) is 0 Å². The highest BCUT2D eigenvalue weighted by Crippen LogP contribution is 2.43. The summed E-state index contributed by atoms with van der Waals surface area (Å²) in [6.45, 7) is 6.91. The summed E-state index contributed by atoms with van der Waals surface area (Å²) in [6, 6.07) is 2.47. The number of nitrogens with zero attached hydrogens (tertiary/aromatic N) is 1. The maximum atomic E-state index is 9.33. The van der Waals surface area contributed by atoms with Gasteiger partial charge in [-0.1, -0.05) is 22.4 Å². The Morgan fingerprint density at radius 3 is 2.35 bits per heavy atom. The highest BCUT2D eigenvalue weighted by atomic mass is 79.9. The van der Waals surface area contributed by atoms with Gasteiger partial charge in [0.2, 0.25) is 0 Å². The molecule has 0 aromatic heterocycles. The monoisotopic (exact) mass is 336 g/mol. The van der Waals surface area contributed by atoms with Crippen LogP contribution in [0.5, 0.6) is 5.75 Å². The minimum absolute atomic E-state index is 0.192. The fourth-order valence-electron chi connectivity index (χ4n) is 2.74. The first-order valence-electron chi connectivity index (χ1n) is 6.94. The van der Waals surface area contributed by atoms with Gasteiger partial charge < -0.3 is 10.1 Å². The van der Waals surface area contributed by atoms with Crippen LogP contribution in [0, 0.1) is 37.5 Å². The fraction of sp³-hybridized carbons (Fsp3) is 0.562. The van der Waals surface area contributed by atoms with Crippen molar-refractivity contribution in [1.82, 2.24) is 0 Å². The number of hydrogen-bond donors (Lipinski definition) is 1. The van der Waals surface area contributed by atoms with Crippen LogP contribution in [0.3, 0.4) is 0 Å². The number of benzene rings is 1. The van der Waals surface area contributed by atoms with Crippen LogP contribution in [-0.4, -0.2) is 13.7 Å². The lowest BCUT2D eigenvalue weighted by Gasteiger charge is -2.36. The summed E-state index contributed by atoms with van der Waals surface area (Å²) in [6.07, 6.45) is 3.13. The predicted molar refractivity (Wildman–Crippen MR) is 85.3 cm³/mol. The van der Waals surface area contributed by atoms with E-state index in [1.54, 1.807) is 7.11 Å². The maximum Gasteiger partial charge on any atom is 0.145 e. The third-order valence-corrected chi connectivity index (χ3v) is 5.71. The number of rotatable bonds is 4. The normalized spacial score (nSPS) is 16.2. The zero-order valence-electron chi connectivity index (χ0n) is 12.6. The molecule has 0 amide bonds. The average Bonchev–Trinajstić information content (AvgIpc) is 2.41. The Morgan fingerprint density at radius 1 is 1.25 bits per heavy atom. The molecule has 4 heteroatoms. The minimum Gasteiger partial charge on any atom is -0.494 e. The number of halogens is 1. The molecule has 1 N–H and O–H groups in total.